The highest BCUT2D eigenvalue weighted by molar-refractivity contribution is 5.65. The lowest BCUT2D eigenvalue weighted by molar-refractivity contribution is -0.142. The molecular weight excluding hydrogens is 206 g/mol. The van der Waals surface area contributed by atoms with Gasteiger partial charge in [-0.25, -0.2) is 4.68 Å². The van der Waals surface area contributed by atoms with Crippen molar-refractivity contribution in [1.82, 2.24) is 15.0 Å². The molecule has 5 heteroatoms. The van der Waals surface area contributed by atoms with Crippen LogP contribution in [-0.2, 0) is 16.1 Å². The number of rotatable bonds is 3. The molecule has 0 N–H and O–H groups in total. The molecule has 2 rings (SSSR count). The van der Waals surface area contributed by atoms with E-state index in [1.807, 2.05) is 30.3 Å². The lowest BCUT2D eigenvalue weighted by Gasteiger charge is -2.05. The molecule has 0 aliphatic heterocycles. The van der Waals surface area contributed by atoms with Crippen LogP contribution < -0.4 is 0 Å². The Morgan fingerprint density at radius 1 is 1.38 bits per heavy atom. The molecule has 16 heavy (non-hydrogen) atoms. The van der Waals surface area contributed by atoms with Gasteiger partial charge < -0.3 is 4.74 Å². The maximum absolute atomic E-state index is 10.7. The molecule has 2 aromatic rings. The van der Waals surface area contributed by atoms with E-state index in [1.54, 1.807) is 10.9 Å². The minimum atomic E-state index is -0.319. The van der Waals surface area contributed by atoms with Crippen LogP contribution in [0.25, 0.3) is 5.69 Å². The molecule has 0 aliphatic rings. The van der Waals surface area contributed by atoms with Crippen LogP contribution in [0, 0.1) is 0 Å². The fraction of sp³-hybridized carbons (Fsp3) is 0.182. The second-order valence-corrected chi connectivity index (χ2v) is 3.25. The zero-order chi connectivity index (χ0) is 11.4. The summed E-state index contributed by atoms with van der Waals surface area (Å²) in [5, 5.41) is 7.74. The number of hydrogen-bond donors (Lipinski definition) is 0. The van der Waals surface area contributed by atoms with E-state index < -0.39 is 0 Å². The predicted molar refractivity (Wildman–Crippen MR) is 56.8 cm³/mol. The van der Waals surface area contributed by atoms with Crippen LogP contribution in [0.15, 0.2) is 36.5 Å². The molecule has 0 unspecified atom stereocenters. The summed E-state index contributed by atoms with van der Waals surface area (Å²) in [6, 6.07) is 9.56. The molecule has 0 bridgehead atoms. The number of benzene rings is 1. The summed E-state index contributed by atoms with van der Waals surface area (Å²) in [6.45, 7) is 1.55. The maximum Gasteiger partial charge on any atom is 0.303 e. The lowest BCUT2D eigenvalue weighted by Crippen LogP contribution is -2.06. The van der Waals surface area contributed by atoms with Gasteiger partial charge >= 0.3 is 5.97 Å². The summed E-state index contributed by atoms with van der Waals surface area (Å²) in [7, 11) is 0. The molecule has 0 spiro atoms. The third kappa shape index (κ3) is 2.25. The molecule has 1 heterocycles. The minimum absolute atomic E-state index is 0.178. The van der Waals surface area contributed by atoms with Gasteiger partial charge in [0.05, 0.1) is 11.9 Å². The Kier molecular flexibility index (Phi) is 2.95. The summed E-state index contributed by atoms with van der Waals surface area (Å²) in [5.41, 5.74) is 1.63. The molecule has 0 atom stereocenters. The highest BCUT2D eigenvalue weighted by atomic mass is 16.5. The second kappa shape index (κ2) is 4.57. The van der Waals surface area contributed by atoms with Gasteiger partial charge in [0.15, 0.2) is 0 Å². The van der Waals surface area contributed by atoms with Crippen molar-refractivity contribution in [2.45, 2.75) is 13.5 Å². The van der Waals surface area contributed by atoms with Gasteiger partial charge in [-0.2, -0.15) is 0 Å². The van der Waals surface area contributed by atoms with Crippen molar-refractivity contribution in [2.75, 3.05) is 0 Å². The van der Waals surface area contributed by atoms with Gasteiger partial charge in [-0.3, -0.25) is 4.79 Å². The van der Waals surface area contributed by atoms with Crippen molar-refractivity contribution in [3.63, 3.8) is 0 Å². The van der Waals surface area contributed by atoms with Gasteiger partial charge in [0.1, 0.15) is 12.3 Å². The number of ether oxygens (including phenoxy) is 1. The third-order valence-electron chi connectivity index (χ3n) is 2.04. The number of nitrogens with zero attached hydrogens (tertiary/aromatic N) is 3. The van der Waals surface area contributed by atoms with Gasteiger partial charge in [-0.1, -0.05) is 23.4 Å². The Labute approximate surface area is 92.7 Å². The topological polar surface area (TPSA) is 57.0 Å². The van der Waals surface area contributed by atoms with Crippen molar-refractivity contribution in [3.8, 4) is 5.69 Å². The Morgan fingerprint density at radius 2 is 2.12 bits per heavy atom. The van der Waals surface area contributed by atoms with Crippen LogP contribution in [0.5, 0.6) is 0 Å². The van der Waals surface area contributed by atoms with Crippen molar-refractivity contribution in [1.29, 1.82) is 0 Å². The van der Waals surface area contributed by atoms with Gasteiger partial charge in [-0.05, 0) is 12.1 Å². The number of hydrogen-bond acceptors (Lipinski definition) is 4. The highest BCUT2D eigenvalue weighted by Gasteiger charge is 2.06. The summed E-state index contributed by atoms with van der Waals surface area (Å²) in [4.78, 5) is 10.7. The first-order chi connectivity index (χ1) is 7.77. The summed E-state index contributed by atoms with van der Waals surface area (Å²) in [6.07, 6.45) is 1.58. The fourth-order valence-corrected chi connectivity index (χ4v) is 1.32. The molecule has 0 radical (unpaired) electrons. The van der Waals surface area contributed by atoms with Crippen molar-refractivity contribution >= 4 is 5.97 Å². The summed E-state index contributed by atoms with van der Waals surface area (Å²) >= 11 is 0. The number of esters is 1. The molecular formula is C11H11N3O2. The van der Waals surface area contributed by atoms with E-state index in [9.17, 15) is 4.79 Å². The largest absolute Gasteiger partial charge is 0.459 e. The predicted octanol–water partition coefficient (Wildman–Crippen LogP) is 1.33. The molecule has 5 nitrogen and oxygen atoms in total. The molecule has 0 saturated carbocycles. The standard InChI is InChI=1S/C11H11N3O2/c1-9(15)16-8-11-7-12-13-14(11)10-5-3-2-4-6-10/h2-7H,8H2,1H3. The van der Waals surface area contributed by atoms with Gasteiger partial charge in [0.25, 0.3) is 0 Å². The first kappa shape index (κ1) is 10.4. The normalized spacial score (nSPS) is 10.1. The smallest absolute Gasteiger partial charge is 0.303 e. The first-order valence-electron chi connectivity index (χ1n) is 4.86. The quantitative estimate of drug-likeness (QED) is 0.728. The fourth-order valence-electron chi connectivity index (χ4n) is 1.32. The Morgan fingerprint density at radius 3 is 2.81 bits per heavy atom. The van der Waals surface area contributed by atoms with Gasteiger partial charge in [0, 0.05) is 6.92 Å². The van der Waals surface area contributed by atoms with Gasteiger partial charge in [0.2, 0.25) is 0 Å². The van der Waals surface area contributed by atoms with Crippen LogP contribution in [-0.4, -0.2) is 21.0 Å². The summed E-state index contributed by atoms with van der Waals surface area (Å²) < 4.78 is 6.55. The zero-order valence-electron chi connectivity index (χ0n) is 8.83. The molecule has 1 aromatic heterocycles. The SMILES string of the molecule is CC(=O)OCc1cnnn1-c1ccccc1. The van der Waals surface area contributed by atoms with E-state index in [-0.39, 0.29) is 12.6 Å². The maximum atomic E-state index is 10.7. The van der Waals surface area contributed by atoms with E-state index in [2.05, 4.69) is 10.3 Å². The van der Waals surface area contributed by atoms with E-state index in [1.165, 1.54) is 6.92 Å². The van der Waals surface area contributed by atoms with Crippen LogP contribution in [0.4, 0.5) is 0 Å². The van der Waals surface area contributed by atoms with E-state index >= 15 is 0 Å². The van der Waals surface area contributed by atoms with E-state index in [0.717, 1.165) is 11.4 Å². The number of para-hydroxylation sites is 1. The molecule has 1 aromatic carbocycles. The monoisotopic (exact) mass is 217 g/mol. The molecule has 0 fully saturated rings. The van der Waals surface area contributed by atoms with Crippen molar-refractivity contribution < 1.29 is 9.53 Å². The van der Waals surface area contributed by atoms with Crippen molar-refractivity contribution in [2.24, 2.45) is 0 Å². The van der Waals surface area contributed by atoms with Crippen LogP contribution in [0.2, 0.25) is 0 Å². The first-order valence-corrected chi connectivity index (χ1v) is 4.86. The molecule has 0 saturated heterocycles. The number of aromatic nitrogens is 3. The second-order valence-electron chi connectivity index (χ2n) is 3.25. The number of carbonyl (C=O) groups excluding carboxylic acids is 1. The lowest BCUT2D eigenvalue weighted by atomic mass is 10.3. The van der Waals surface area contributed by atoms with Crippen LogP contribution in [0.1, 0.15) is 12.6 Å². The Hall–Kier alpha value is -2.17. The van der Waals surface area contributed by atoms with Crippen LogP contribution >= 0.6 is 0 Å². The molecule has 0 aliphatic carbocycles. The average Bonchev–Trinajstić information content (AvgIpc) is 2.75. The Balaban J connectivity index is 2.23. The van der Waals surface area contributed by atoms with E-state index in [0.29, 0.717) is 0 Å². The molecule has 82 valence electrons. The van der Waals surface area contributed by atoms with E-state index in [4.69, 9.17) is 4.74 Å². The van der Waals surface area contributed by atoms with Crippen molar-refractivity contribution in [3.05, 3.63) is 42.2 Å². The van der Waals surface area contributed by atoms with Gasteiger partial charge in [-0.15, -0.1) is 5.10 Å². The highest BCUT2D eigenvalue weighted by Crippen LogP contribution is 2.09. The Bertz CT molecular complexity index is 479. The third-order valence-corrected chi connectivity index (χ3v) is 2.04. The number of carbonyl (C=O) groups is 1. The summed E-state index contributed by atoms with van der Waals surface area (Å²) in [5.74, 6) is -0.319. The zero-order valence-corrected chi connectivity index (χ0v) is 8.83. The molecule has 0 amide bonds. The van der Waals surface area contributed by atoms with Crippen LogP contribution in [0.3, 0.4) is 0 Å². The average molecular weight is 217 g/mol. The minimum Gasteiger partial charge on any atom is -0.459 e.